The number of carbonyl (C=O) groups excluding carboxylic acids is 1. The zero-order valence-corrected chi connectivity index (χ0v) is 12.3. The Labute approximate surface area is 115 Å². The smallest absolute Gasteiger partial charge is 0.252 e. The molecule has 1 atom stereocenters. The molecule has 0 aromatic rings. The highest BCUT2D eigenvalue weighted by atomic mass is 16.2. The number of carbonyl (C=O) groups is 1. The second-order valence-corrected chi connectivity index (χ2v) is 5.87. The fourth-order valence-corrected chi connectivity index (χ4v) is 2.87. The highest BCUT2D eigenvalue weighted by Crippen LogP contribution is 2.26. The molecule has 2 aliphatic rings. The Balaban J connectivity index is 2.05. The third-order valence-corrected chi connectivity index (χ3v) is 4.12. The van der Waals surface area contributed by atoms with Gasteiger partial charge in [-0.3, -0.25) is 15.1 Å². The molecule has 5 nitrogen and oxygen atoms in total. The van der Waals surface area contributed by atoms with E-state index in [0.717, 1.165) is 45.3 Å². The standard InChI is InChI=1S/C14H26N4O/c1-4-8-15-13-16-12(19)14(17-13)6-5-9-18(10-7-14)11(2)3/h11H,4-10H2,1-3H3,(H2,15,16,17,19). The predicted octanol–water partition coefficient (Wildman–Crippen LogP) is 1.10. The molecule has 19 heavy (non-hydrogen) atoms. The number of likely N-dealkylation sites (tertiary alicyclic amines) is 1. The number of amides is 1. The molecule has 2 N–H and O–H groups in total. The Bertz CT molecular complexity index is 366. The van der Waals surface area contributed by atoms with Gasteiger partial charge in [-0.05, 0) is 46.1 Å². The Morgan fingerprint density at radius 2 is 2.16 bits per heavy atom. The summed E-state index contributed by atoms with van der Waals surface area (Å²) in [5, 5.41) is 6.26. The summed E-state index contributed by atoms with van der Waals surface area (Å²) in [5.41, 5.74) is -0.420. The lowest BCUT2D eigenvalue weighted by Gasteiger charge is -2.26. The normalized spacial score (nSPS) is 30.7. The van der Waals surface area contributed by atoms with E-state index in [4.69, 9.17) is 0 Å². The van der Waals surface area contributed by atoms with Gasteiger partial charge >= 0.3 is 0 Å². The minimum Gasteiger partial charge on any atom is -0.342 e. The van der Waals surface area contributed by atoms with Crippen LogP contribution in [0, 0.1) is 0 Å². The fraction of sp³-hybridized carbons (Fsp3) is 0.857. The van der Waals surface area contributed by atoms with Gasteiger partial charge in [-0.2, -0.15) is 0 Å². The predicted molar refractivity (Wildman–Crippen MR) is 77.2 cm³/mol. The molecular weight excluding hydrogens is 240 g/mol. The van der Waals surface area contributed by atoms with Gasteiger partial charge in [0.05, 0.1) is 0 Å². The molecule has 108 valence electrons. The zero-order valence-electron chi connectivity index (χ0n) is 12.3. The van der Waals surface area contributed by atoms with Gasteiger partial charge in [-0.1, -0.05) is 6.92 Å². The molecule has 0 bridgehead atoms. The monoisotopic (exact) mass is 266 g/mol. The summed E-state index contributed by atoms with van der Waals surface area (Å²) < 4.78 is 0. The van der Waals surface area contributed by atoms with Gasteiger partial charge in [-0.15, -0.1) is 0 Å². The molecule has 0 radical (unpaired) electrons. The summed E-state index contributed by atoms with van der Waals surface area (Å²) >= 11 is 0. The summed E-state index contributed by atoms with van der Waals surface area (Å²) in [6, 6.07) is 0.549. The van der Waals surface area contributed by atoms with Crippen molar-refractivity contribution >= 4 is 11.9 Å². The second-order valence-electron chi connectivity index (χ2n) is 5.87. The number of rotatable bonds is 3. The first-order valence-electron chi connectivity index (χ1n) is 7.45. The number of aliphatic imine (C=N–C) groups is 1. The lowest BCUT2D eigenvalue weighted by Crippen LogP contribution is -2.47. The first kappa shape index (κ1) is 14.3. The van der Waals surface area contributed by atoms with Crippen molar-refractivity contribution in [3.8, 4) is 0 Å². The molecule has 0 saturated carbocycles. The fourth-order valence-electron chi connectivity index (χ4n) is 2.87. The minimum atomic E-state index is -0.420. The lowest BCUT2D eigenvalue weighted by molar-refractivity contribution is -0.124. The quantitative estimate of drug-likeness (QED) is 0.804. The number of hydrogen-bond acceptors (Lipinski definition) is 3. The van der Waals surface area contributed by atoms with E-state index in [0.29, 0.717) is 12.0 Å². The number of guanidine groups is 1. The Morgan fingerprint density at radius 3 is 2.84 bits per heavy atom. The van der Waals surface area contributed by atoms with Crippen molar-refractivity contribution in [3.63, 3.8) is 0 Å². The van der Waals surface area contributed by atoms with Crippen LogP contribution in [-0.2, 0) is 4.79 Å². The summed E-state index contributed by atoms with van der Waals surface area (Å²) in [6.45, 7) is 9.33. The largest absolute Gasteiger partial charge is 0.342 e. The van der Waals surface area contributed by atoms with Crippen LogP contribution in [0.4, 0.5) is 0 Å². The second kappa shape index (κ2) is 5.90. The van der Waals surface area contributed by atoms with Gasteiger partial charge in [0.15, 0.2) is 5.96 Å². The minimum absolute atomic E-state index is 0.105. The molecule has 2 fully saturated rings. The van der Waals surface area contributed by atoms with E-state index in [-0.39, 0.29) is 5.91 Å². The van der Waals surface area contributed by atoms with E-state index in [1.165, 1.54) is 0 Å². The van der Waals surface area contributed by atoms with Crippen molar-refractivity contribution in [2.45, 2.75) is 58.0 Å². The van der Waals surface area contributed by atoms with Crippen molar-refractivity contribution in [2.24, 2.45) is 4.99 Å². The molecule has 1 amide bonds. The number of nitrogens with one attached hydrogen (secondary N) is 2. The van der Waals surface area contributed by atoms with Crippen molar-refractivity contribution < 1.29 is 4.79 Å². The number of hydrogen-bond donors (Lipinski definition) is 2. The van der Waals surface area contributed by atoms with Gasteiger partial charge in [0.25, 0.3) is 5.91 Å². The first-order valence-corrected chi connectivity index (χ1v) is 7.45. The maximum Gasteiger partial charge on any atom is 0.252 e. The van der Waals surface area contributed by atoms with Gasteiger partial charge in [-0.25, -0.2) is 0 Å². The average molecular weight is 266 g/mol. The van der Waals surface area contributed by atoms with E-state index in [2.05, 4.69) is 41.3 Å². The number of nitrogens with zero attached hydrogens (tertiary/aromatic N) is 2. The summed E-state index contributed by atoms with van der Waals surface area (Å²) in [7, 11) is 0. The van der Waals surface area contributed by atoms with Crippen LogP contribution in [0.5, 0.6) is 0 Å². The van der Waals surface area contributed by atoms with Gasteiger partial charge in [0.1, 0.15) is 5.54 Å². The van der Waals surface area contributed by atoms with E-state index in [1.54, 1.807) is 0 Å². The molecule has 0 aromatic heterocycles. The molecule has 2 heterocycles. The van der Waals surface area contributed by atoms with Crippen LogP contribution in [-0.4, -0.2) is 48.0 Å². The molecule has 0 aliphatic carbocycles. The topological polar surface area (TPSA) is 56.7 Å². The van der Waals surface area contributed by atoms with Crippen LogP contribution in [0.25, 0.3) is 0 Å². The molecule has 2 aliphatic heterocycles. The van der Waals surface area contributed by atoms with E-state index >= 15 is 0 Å². The van der Waals surface area contributed by atoms with Gasteiger partial charge < -0.3 is 10.2 Å². The van der Waals surface area contributed by atoms with Crippen LogP contribution in [0.15, 0.2) is 4.99 Å². The third-order valence-electron chi connectivity index (χ3n) is 4.12. The highest BCUT2D eigenvalue weighted by Gasteiger charge is 2.45. The van der Waals surface area contributed by atoms with Gasteiger partial charge in [0, 0.05) is 19.1 Å². The molecule has 1 spiro atoms. The maximum atomic E-state index is 12.3. The van der Waals surface area contributed by atoms with Crippen LogP contribution >= 0.6 is 0 Å². The van der Waals surface area contributed by atoms with Crippen molar-refractivity contribution in [3.05, 3.63) is 0 Å². The molecule has 5 heteroatoms. The molecular formula is C14H26N4O. The van der Waals surface area contributed by atoms with Crippen LogP contribution in [0.3, 0.4) is 0 Å². The van der Waals surface area contributed by atoms with Crippen molar-refractivity contribution in [2.75, 3.05) is 19.6 Å². The van der Waals surface area contributed by atoms with E-state index in [1.807, 2.05) is 0 Å². The summed E-state index contributed by atoms with van der Waals surface area (Å²) in [6.07, 6.45) is 3.81. The lowest BCUT2D eigenvalue weighted by atomic mass is 9.91. The molecule has 2 saturated heterocycles. The van der Waals surface area contributed by atoms with Gasteiger partial charge in [0.2, 0.25) is 0 Å². The summed E-state index contributed by atoms with van der Waals surface area (Å²) in [4.78, 5) is 19.1. The van der Waals surface area contributed by atoms with Crippen molar-refractivity contribution in [1.82, 2.24) is 15.5 Å². The third kappa shape index (κ3) is 3.08. The zero-order chi connectivity index (χ0) is 13.9. The van der Waals surface area contributed by atoms with Crippen molar-refractivity contribution in [1.29, 1.82) is 0 Å². The van der Waals surface area contributed by atoms with Crippen LogP contribution < -0.4 is 10.6 Å². The maximum absolute atomic E-state index is 12.3. The Morgan fingerprint density at radius 1 is 1.37 bits per heavy atom. The first-order chi connectivity index (χ1) is 9.07. The van der Waals surface area contributed by atoms with Crippen LogP contribution in [0.2, 0.25) is 0 Å². The molecule has 0 aromatic carbocycles. The SMILES string of the molecule is CCCN=C1NC(=O)C2(CCCN(C(C)C)CC2)N1. The Kier molecular flexibility index (Phi) is 4.45. The average Bonchev–Trinajstić information content (AvgIpc) is 2.56. The summed E-state index contributed by atoms with van der Waals surface area (Å²) in [5.74, 6) is 0.776. The molecule has 2 rings (SSSR count). The van der Waals surface area contributed by atoms with E-state index < -0.39 is 5.54 Å². The van der Waals surface area contributed by atoms with E-state index in [9.17, 15) is 4.79 Å². The Hall–Kier alpha value is -1.10. The van der Waals surface area contributed by atoms with Crippen LogP contribution in [0.1, 0.15) is 46.5 Å². The highest BCUT2D eigenvalue weighted by molar-refractivity contribution is 6.09. The molecule has 1 unspecified atom stereocenters.